The molecule has 1 saturated carbocycles. The lowest BCUT2D eigenvalue weighted by Crippen LogP contribution is -2.44. The molecule has 1 atom stereocenters. The molecule has 2 N–H and O–H groups in total. The van der Waals surface area contributed by atoms with Crippen molar-refractivity contribution in [1.82, 2.24) is 10.6 Å². The molecule has 0 aromatic rings. The molecule has 1 amide bonds. The molecular formula is C15H30N2O2. The van der Waals surface area contributed by atoms with E-state index in [0.717, 1.165) is 25.3 Å². The average molecular weight is 270 g/mol. The van der Waals surface area contributed by atoms with Gasteiger partial charge in [-0.15, -0.1) is 0 Å². The molecule has 0 spiro atoms. The molecule has 4 nitrogen and oxygen atoms in total. The first-order chi connectivity index (χ1) is 8.90. The molecule has 19 heavy (non-hydrogen) atoms. The molecule has 1 fully saturated rings. The lowest BCUT2D eigenvalue weighted by atomic mass is 9.85. The van der Waals surface area contributed by atoms with Crippen LogP contribution in [0.1, 0.15) is 59.8 Å². The number of carbonyl (C=O) groups is 1. The van der Waals surface area contributed by atoms with E-state index in [-0.39, 0.29) is 6.09 Å². The van der Waals surface area contributed by atoms with E-state index in [1.54, 1.807) is 0 Å². The second-order valence-electron chi connectivity index (χ2n) is 6.57. The van der Waals surface area contributed by atoms with Crippen LogP contribution in [0.5, 0.6) is 0 Å². The second kappa shape index (κ2) is 7.73. The quantitative estimate of drug-likeness (QED) is 0.747. The summed E-state index contributed by atoms with van der Waals surface area (Å²) < 4.78 is 5.25. The number of alkyl carbamates (subject to hydrolysis) is 1. The van der Waals surface area contributed by atoms with Gasteiger partial charge in [-0.25, -0.2) is 4.79 Å². The first-order valence-corrected chi connectivity index (χ1v) is 7.61. The molecule has 112 valence electrons. The highest BCUT2D eigenvalue weighted by molar-refractivity contribution is 5.67. The first-order valence-electron chi connectivity index (χ1n) is 7.61. The number of carbonyl (C=O) groups excluding carboxylic acids is 1. The minimum atomic E-state index is -0.427. The maximum Gasteiger partial charge on any atom is 0.407 e. The zero-order valence-electron chi connectivity index (χ0n) is 12.9. The predicted molar refractivity (Wildman–Crippen MR) is 78.3 cm³/mol. The van der Waals surface area contributed by atoms with Crippen molar-refractivity contribution in [1.29, 1.82) is 0 Å². The van der Waals surface area contributed by atoms with E-state index in [0.29, 0.717) is 12.6 Å². The van der Waals surface area contributed by atoms with Gasteiger partial charge in [0.1, 0.15) is 5.60 Å². The van der Waals surface area contributed by atoms with Crippen LogP contribution < -0.4 is 10.6 Å². The van der Waals surface area contributed by atoms with Crippen molar-refractivity contribution in [3.63, 3.8) is 0 Å². The summed E-state index contributed by atoms with van der Waals surface area (Å²) in [6.45, 7) is 9.54. The van der Waals surface area contributed by atoms with Gasteiger partial charge in [0.2, 0.25) is 0 Å². The third-order valence-corrected chi connectivity index (χ3v) is 3.45. The summed E-state index contributed by atoms with van der Waals surface area (Å²) in [4.78, 5) is 11.6. The lowest BCUT2D eigenvalue weighted by molar-refractivity contribution is 0.0521. The Labute approximate surface area is 117 Å². The molecular weight excluding hydrogens is 240 g/mol. The SMILES string of the molecule is CCCC(CNC(=O)OC(C)(C)C)NCC1CCC1. The highest BCUT2D eigenvalue weighted by Gasteiger charge is 2.20. The van der Waals surface area contributed by atoms with Crippen LogP contribution in [-0.2, 0) is 4.74 Å². The minimum Gasteiger partial charge on any atom is -0.444 e. The van der Waals surface area contributed by atoms with E-state index in [4.69, 9.17) is 4.74 Å². The maximum atomic E-state index is 11.6. The van der Waals surface area contributed by atoms with E-state index in [1.165, 1.54) is 19.3 Å². The Morgan fingerprint density at radius 2 is 2.05 bits per heavy atom. The fourth-order valence-electron chi connectivity index (χ4n) is 2.18. The van der Waals surface area contributed by atoms with E-state index >= 15 is 0 Å². The summed E-state index contributed by atoms with van der Waals surface area (Å²) in [5.74, 6) is 0.848. The third-order valence-electron chi connectivity index (χ3n) is 3.45. The fraction of sp³-hybridized carbons (Fsp3) is 0.933. The van der Waals surface area contributed by atoms with Crippen molar-refractivity contribution < 1.29 is 9.53 Å². The smallest absolute Gasteiger partial charge is 0.407 e. The Hall–Kier alpha value is -0.770. The highest BCUT2D eigenvalue weighted by Crippen LogP contribution is 2.25. The van der Waals surface area contributed by atoms with E-state index < -0.39 is 5.60 Å². The molecule has 0 aliphatic heterocycles. The monoisotopic (exact) mass is 270 g/mol. The summed E-state index contributed by atoms with van der Waals surface area (Å²) in [5, 5.41) is 6.43. The molecule has 0 aromatic heterocycles. The van der Waals surface area contributed by atoms with E-state index in [1.807, 2.05) is 20.8 Å². The van der Waals surface area contributed by atoms with Crippen LogP contribution in [0.2, 0.25) is 0 Å². The van der Waals surface area contributed by atoms with Gasteiger partial charge >= 0.3 is 6.09 Å². The highest BCUT2D eigenvalue weighted by atomic mass is 16.6. The van der Waals surface area contributed by atoms with Crippen molar-refractivity contribution in [2.75, 3.05) is 13.1 Å². The molecule has 0 aromatic carbocycles. The zero-order valence-corrected chi connectivity index (χ0v) is 12.9. The van der Waals surface area contributed by atoms with Crippen molar-refractivity contribution >= 4 is 6.09 Å². The lowest BCUT2D eigenvalue weighted by Gasteiger charge is -2.28. The van der Waals surface area contributed by atoms with Crippen LogP contribution >= 0.6 is 0 Å². The van der Waals surface area contributed by atoms with Crippen molar-refractivity contribution in [2.24, 2.45) is 5.92 Å². The Morgan fingerprint density at radius 3 is 2.53 bits per heavy atom. The molecule has 4 heteroatoms. The number of nitrogens with one attached hydrogen (secondary N) is 2. The van der Waals surface area contributed by atoms with Crippen LogP contribution in [0.25, 0.3) is 0 Å². The molecule has 1 rings (SSSR count). The van der Waals surface area contributed by atoms with Gasteiger partial charge < -0.3 is 15.4 Å². The summed E-state index contributed by atoms with van der Waals surface area (Å²) >= 11 is 0. The Balaban J connectivity index is 2.21. The summed E-state index contributed by atoms with van der Waals surface area (Å²) in [7, 11) is 0. The number of hydrogen-bond acceptors (Lipinski definition) is 3. The number of amides is 1. The number of hydrogen-bond donors (Lipinski definition) is 2. The van der Waals surface area contributed by atoms with Gasteiger partial charge in [0.25, 0.3) is 0 Å². The van der Waals surface area contributed by atoms with Crippen molar-refractivity contribution in [2.45, 2.75) is 71.4 Å². The summed E-state index contributed by atoms with van der Waals surface area (Å²) in [6.07, 6.45) is 5.97. The summed E-state index contributed by atoms with van der Waals surface area (Å²) in [5.41, 5.74) is -0.427. The van der Waals surface area contributed by atoms with Gasteiger partial charge in [0.15, 0.2) is 0 Å². The molecule has 0 heterocycles. The Kier molecular flexibility index (Phi) is 6.63. The standard InChI is InChI=1S/C15H30N2O2/c1-5-7-13(16-10-12-8-6-9-12)11-17-14(18)19-15(2,3)4/h12-13,16H,5-11H2,1-4H3,(H,17,18). The van der Waals surface area contributed by atoms with Crippen LogP contribution in [0.15, 0.2) is 0 Å². The van der Waals surface area contributed by atoms with E-state index in [2.05, 4.69) is 17.6 Å². The van der Waals surface area contributed by atoms with Crippen LogP contribution in [0.4, 0.5) is 4.79 Å². The van der Waals surface area contributed by atoms with Crippen LogP contribution in [0, 0.1) is 5.92 Å². The maximum absolute atomic E-state index is 11.6. The fourth-order valence-corrected chi connectivity index (χ4v) is 2.18. The second-order valence-corrected chi connectivity index (χ2v) is 6.57. The van der Waals surface area contributed by atoms with Gasteiger partial charge in [-0.1, -0.05) is 19.8 Å². The topological polar surface area (TPSA) is 50.4 Å². The van der Waals surface area contributed by atoms with Crippen molar-refractivity contribution in [3.05, 3.63) is 0 Å². The number of ether oxygens (including phenoxy) is 1. The molecule has 1 aliphatic rings. The van der Waals surface area contributed by atoms with Gasteiger partial charge in [-0.2, -0.15) is 0 Å². The summed E-state index contributed by atoms with van der Waals surface area (Å²) in [6, 6.07) is 0.359. The molecule has 1 aliphatic carbocycles. The van der Waals surface area contributed by atoms with Crippen LogP contribution in [-0.4, -0.2) is 30.8 Å². The van der Waals surface area contributed by atoms with Crippen LogP contribution in [0.3, 0.4) is 0 Å². The van der Waals surface area contributed by atoms with Gasteiger partial charge in [0, 0.05) is 12.6 Å². The molecule has 0 bridgehead atoms. The van der Waals surface area contributed by atoms with E-state index in [9.17, 15) is 4.79 Å². The minimum absolute atomic E-state index is 0.320. The first kappa shape index (κ1) is 16.3. The number of rotatable bonds is 7. The molecule has 1 unspecified atom stereocenters. The predicted octanol–water partition coefficient (Wildman–Crippen LogP) is 3.07. The normalized spacial score (nSPS) is 17.7. The third kappa shape index (κ3) is 7.41. The van der Waals surface area contributed by atoms with Crippen molar-refractivity contribution in [3.8, 4) is 0 Å². The Morgan fingerprint density at radius 1 is 1.37 bits per heavy atom. The van der Waals surface area contributed by atoms with Gasteiger partial charge in [-0.3, -0.25) is 0 Å². The Bertz CT molecular complexity index is 270. The molecule has 0 saturated heterocycles. The average Bonchev–Trinajstić information content (AvgIpc) is 2.21. The molecule has 0 radical (unpaired) electrons. The zero-order chi connectivity index (χ0) is 14.3. The largest absolute Gasteiger partial charge is 0.444 e. The van der Waals surface area contributed by atoms with Gasteiger partial charge in [0.05, 0.1) is 0 Å². The van der Waals surface area contributed by atoms with Gasteiger partial charge in [-0.05, 0) is 52.5 Å².